The van der Waals surface area contributed by atoms with Crippen molar-refractivity contribution in [1.82, 2.24) is 29.7 Å². The highest BCUT2D eigenvalue weighted by molar-refractivity contribution is 6.36. The van der Waals surface area contributed by atoms with Gasteiger partial charge in [0, 0.05) is 36.6 Å². The van der Waals surface area contributed by atoms with E-state index in [1.165, 1.54) is 0 Å². The van der Waals surface area contributed by atoms with Crippen LogP contribution in [0.25, 0.3) is 27.5 Å². The van der Waals surface area contributed by atoms with Crippen molar-refractivity contribution in [3.8, 4) is 11.7 Å². The van der Waals surface area contributed by atoms with Gasteiger partial charge in [0.05, 0.1) is 10.7 Å². The van der Waals surface area contributed by atoms with E-state index >= 15 is 0 Å². The number of benzene rings is 2. The summed E-state index contributed by atoms with van der Waals surface area (Å²) in [4.78, 5) is 33.2. The standard InChI is InChI=1S/C29H34ClN7O2/c1-17-15-36(18(2)14-31-17)27-25-26(33-29(34-27)39-16-21-10-7-13-35(21)4)28(38)37(19(3)32-25)23-12-6-9-20-8-5-11-22(30)24(20)23/h5-6,8-9,11-12,17-18,21,31H,7,10,13-16H2,1-4H3/t17-,18-,21?/m0/s1. The van der Waals surface area contributed by atoms with Gasteiger partial charge in [-0.15, -0.1) is 0 Å². The summed E-state index contributed by atoms with van der Waals surface area (Å²) in [5.41, 5.74) is 1.14. The normalized spacial score (nSPS) is 22.2. The number of ether oxygens (including phenoxy) is 1. The molecule has 2 saturated heterocycles. The lowest BCUT2D eigenvalue weighted by atomic mass is 10.1. The minimum absolute atomic E-state index is 0.162. The van der Waals surface area contributed by atoms with E-state index in [9.17, 15) is 4.79 Å². The zero-order valence-corrected chi connectivity index (χ0v) is 23.6. The van der Waals surface area contributed by atoms with Gasteiger partial charge in [0.1, 0.15) is 17.9 Å². The lowest BCUT2D eigenvalue weighted by molar-refractivity contribution is 0.188. The molecule has 10 heteroatoms. The fourth-order valence-corrected chi connectivity index (χ4v) is 6.11. The molecule has 0 spiro atoms. The number of anilines is 1. The van der Waals surface area contributed by atoms with Crippen molar-refractivity contribution in [3.05, 3.63) is 57.6 Å². The zero-order chi connectivity index (χ0) is 27.3. The number of likely N-dealkylation sites (N-methyl/N-ethyl adjacent to an activating group) is 1. The van der Waals surface area contributed by atoms with Gasteiger partial charge >= 0.3 is 6.01 Å². The second-order valence-corrected chi connectivity index (χ2v) is 11.2. The third kappa shape index (κ3) is 4.73. The van der Waals surface area contributed by atoms with Crippen molar-refractivity contribution in [2.45, 2.75) is 51.7 Å². The molecule has 2 aromatic carbocycles. The number of nitrogens with zero attached hydrogens (tertiary/aromatic N) is 6. The predicted octanol–water partition coefficient (Wildman–Crippen LogP) is 3.95. The van der Waals surface area contributed by atoms with Crippen LogP contribution in [0.1, 0.15) is 32.5 Å². The average molecular weight is 548 g/mol. The van der Waals surface area contributed by atoms with Crippen molar-refractivity contribution < 1.29 is 4.74 Å². The van der Waals surface area contributed by atoms with Crippen LogP contribution >= 0.6 is 11.6 Å². The number of piperazine rings is 1. The van der Waals surface area contributed by atoms with Gasteiger partial charge in [-0.3, -0.25) is 9.36 Å². The topological polar surface area (TPSA) is 88.4 Å². The van der Waals surface area contributed by atoms with Crippen LogP contribution in [0.2, 0.25) is 5.02 Å². The molecular weight excluding hydrogens is 514 g/mol. The van der Waals surface area contributed by atoms with Crippen LogP contribution in [-0.4, -0.2) is 75.8 Å². The minimum atomic E-state index is -0.271. The number of aromatic nitrogens is 4. The molecule has 0 radical (unpaired) electrons. The highest BCUT2D eigenvalue weighted by Gasteiger charge is 2.29. The van der Waals surface area contributed by atoms with Crippen LogP contribution in [0.5, 0.6) is 6.01 Å². The summed E-state index contributed by atoms with van der Waals surface area (Å²) in [5, 5.41) is 5.84. The Morgan fingerprint density at radius 1 is 1.10 bits per heavy atom. The summed E-state index contributed by atoms with van der Waals surface area (Å²) >= 11 is 6.63. The minimum Gasteiger partial charge on any atom is -0.462 e. The molecule has 4 aromatic rings. The number of likely N-dealkylation sites (tertiary alicyclic amines) is 1. The van der Waals surface area contributed by atoms with Crippen molar-refractivity contribution in [2.75, 3.05) is 38.2 Å². The van der Waals surface area contributed by atoms with Crippen LogP contribution in [0.4, 0.5) is 5.82 Å². The van der Waals surface area contributed by atoms with Crippen molar-refractivity contribution in [2.24, 2.45) is 0 Å². The van der Waals surface area contributed by atoms with Crippen LogP contribution < -0.4 is 20.5 Å². The highest BCUT2D eigenvalue weighted by Crippen LogP contribution is 2.31. The molecule has 1 unspecified atom stereocenters. The summed E-state index contributed by atoms with van der Waals surface area (Å²) in [6.07, 6.45) is 2.21. The highest BCUT2D eigenvalue weighted by atomic mass is 35.5. The quantitative estimate of drug-likeness (QED) is 0.402. The molecule has 0 aliphatic carbocycles. The molecule has 2 aliphatic rings. The summed E-state index contributed by atoms with van der Waals surface area (Å²) in [7, 11) is 2.11. The number of nitrogens with one attached hydrogen (secondary N) is 1. The first-order chi connectivity index (χ1) is 18.8. The number of rotatable bonds is 5. The first-order valence-corrected chi connectivity index (χ1v) is 14.0. The van der Waals surface area contributed by atoms with Gasteiger partial charge in [0.15, 0.2) is 11.3 Å². The molecule has 2 aromatic heterocycles. The zero-order valence-electron chi connectivity index (χ0n) is 22.8. The Kier molecular flexibility index (Phi) is 6.91. The molecule has 2 aliphatic heterocycles. The van der Waals surface area contributed by atoms with Gasteiger partial charge in [-0.2, -0.15) is 9.97 Å². The summed E-state index contributed by atoms with van der Waals surface area (Å²) in [6.45, 7) is 9.20. The van der Waals surface area contributed by atoms with Gasteiger partial charge in [0.2, 0.25) is 0 Å². The Balaban J connectivity index is 1.54. The molecule has 6 rings (SSSR count). The summed E-state index contributed by atoms with van der Waals surface area (Å²) in [5.74, 6) is 1.18. The largest absolute Gasteiger partial charge is 0.462 e. The molecule has 204 valence electrons. The Labute approximate surface area is 232 Å². The van der Waals surface area contributed by atoms with E-state index in [0.717, 1.165) is 43.2 Å². The predicted molar refractivity (Wildman–Crippen MR) is 156 cm³/mol. The smallest absolute Gasteiger partial charge is 0.319 e. The second kappa shape index (κ2) is 10.4. The second-order valence-electron chi connectivity index (χ2n) is 10.8. The fourth-order valence-electron chi connectivity index (χ4n) is 5.83. The number of hydrogen-bond donors (Lipinski definition) is 1. The average Bonchev–Trinajstić information content (AvgIpc) is 3.33. The van der Waals surface area contributed by atoms with E-state index in [0.29, 0.717) is 40.5 Å². The van der Waals surface area contributed by atoms with Crippen LogP contribution in [-0.2, 0) is 0 Å². The first kappa shape index (κ1) is 26.0. The molecule has 3 atom stereocenters. The van der Waals surface area contributed by atoms with E-state index < -0.39 is 0 Å². The van der Waals surface area contributed by atoms with Gasteiger partial charge in [0.25, 0.3) is 5.56 Å². The Bertz CT molecular complexity index is 1600. The first-order valence-electron chi connectivity index (χ1n) is 13.6. The van der Waals surface area contributed by atoms with E-state index in [4.69, 9.17) is 26.3 Å². The van der Waals surface area contributed by atoms with E-state index in [1.54, 1.807) is 4.57 Å². The maximum atomic E-state index is 14.2. The molecule has 9 nitrogen and oxygen atoms in total. The van der Waals surface area contributed by atoms with E-state index in [1.807, 2.05) is 43.3 Å². The lowest BCUT2D eigenvalue weighted by Gasteiger charge is -2.38. The molecule has 0 saturated carbocycles. The van der Waals surface area contributed by atoms with Crippen LogP contribution in [0.3, 0.4) is 0 Å². The third-order valence-corrected chi connectivity index (χ3v) is 8.35. The van der Waals surface area contributed by atoms with E-state index in [-0.39, 0.29) is 29.2 Å². The maximum Gasteiger partial charge on any atom is 0.319 e. The molecule has 4 heterocycles. The number of hydrogen-bond acceptors (Lipinski definition) is 8. The molecule has 0 bridgehead atoms. The SMILES string of the molecule is Cc1nc2c(N3C[C@H](C)NC[C@@H]3C)nc(OCC3CCCN3C)nc2c(=O)n1-c1cccc2cccc(Cl)c12. The van der Waals surface area contributed by atoms with E-state index in [2.05, 4.69) is 41.0 Å². The molecule has 0 amide bonds. The Morgan fingerprint density at radius 2 is 1.90 bits per heavy atom. The summed E-state index contributed by atoms with van der Waals surface area (Å²) in [6, 6.07) is 12.5. The van der Waals surface area contributed by atoms with Gasteiger partial charge in [-0.25, -0.2) is 4.98 Å². The molecule has 1 N–H and O–H groups in total. The maximum absolute atomic E-state index is 14.2. The lowest BCUT2D eigenvalue weighted by Crippen LogP contribution is -2.54. The van der Waals surface area contributed by atoms with Crippen molar-refractivity contribution >= 4 is 39.2 Å². The van der Waals surface area contributed by atoms with Crippen molar-refractivity contribution in [1.29, 1.82) is 0 Å². The fraction of sp³-hybridized carbons (Fsp3) is 0.448. The molecular formula is C29H34ClN7O2. The Morgan fingerprint density at radius 3 is 2.67 bits per heavy atom. The number of halogens is 1. The summed E-state index contributed by atoms with van der Waals surface area (Å²) < 4.78 is 7.78. The van der Waals surface area contributed by atoms with Gasteiger partial charge < -0.3 is 19.9 Å². The van der Waals surface area contributed by atoms with Crippen LogP contribution in [0, 0.1) is 6.92 Å². The Hall–Kier alpha value is -3.27. The van der Waals surface area contributed by atoms with Crippen molar-refractivity contribution in [3.63, 3.8) is 0 Å². The van der Waals surface area contributed by atoms with Gasteiger partial charge in [-0.1, -0.05) is 35.9 Å². The molecule has 39 heavy (non-hydrogen) atoms. The number of aryl methyl sites for hydroxylation is 1. The molecule has 2 fully saturated rings. The third-order valence-electron chi connectivity index (χ3n) is 8.03. The number of fused-ring (bicyclic) bond motifs is 2. The van der Waals surface area contributed by atoms with Gasteiger partial charge in [-0.05, 0) is 64.7 Å². The monoisotopic (exact) mass is 547 g/mol. The van der Waals surface area contributed by atoms with Crippen LogP contribution in [0.15, 0.2) is 41.2 Å².